The number of nitrogens with zero attached hydrogens (tertiary/aromatic N) is 6. The highest BCUT2D eigenvalue weighted by Gasteiger charge is 2.35. The zero-order chi connectivity index (χ0) is 29.8. The first-order chi connectivity index (χ1) is 20.2. The molecule has 5 rings (SSSR count). The van der Waals surface area contributed by atoms with E-state index in [0.717, 1.165) is 18.6 Å². The summed E-state index contributed by atoms with van der Waals surface area (Å²) in [5.74, 6) is -1.98. The summed E-state index contributed by atoms with van der Waals surface area (Å²) >= 11 is 0. The number of halogens is 2. The molecule has 4 heterocycles. The predicted octanol–water partition coefficient (Wildman–Crippen LogP) is 2.99. The molecule has 2 saturated heterocycles. The Morgan fingerprint density at radius 1 is 1.17 bits per heavy atom. The van der Waals surface area contributed by atoms with Crippen molar-refractivity contribution in [3.8, 4) is 0 Å². The van der Waals surface area contributed by atoms with Gasteiger partial charge in [0, 0.05) is 63.1 Å². The van der Waals surface area contributed by atoms with Crippen molar-refractivity contribution in [3.63, 3.8) is 0 Å². The van der Waals surface area contributed by atoms with Crippen molar-refractivity contribution in [2.24, 2.45) is 11.0 Å². The van der Waals surface area contributed by atoms with E-state index < -0.39 is 35.8 Å². The molecule has 1 aromatic carbocycles. The van der Waals surface area contributed by atoms with E-state index in [-0.39, 0.29) is 50.0 Å². The summed E-state index contributed by atoms with van der Waals surface area (Å²) in [7, 11) is 0. The van der Waals surface area contributed by atoms with Crippen molar-refractivity contribution < 1.29 is 27.9 Å². The molecule has 42 heavy (non-hydrogen) atoms. The van der Waals surface area contributed by atoms with E-state index in [1.165, 1.54) is 16.0 Å². The summed E-state index contributed by atoms with van der Waals surface area (Å²) < 4.78 is 36.0. The van der Waals surface area contributed by atoms with Gasteiger partial charge in [0.05, 0.1) is 24.3 Å². The minimum Gasteiger partial charge on any atom is -0.442 e. The van der Waals surface area contributed by atoms with Crippen molar-refractivity contribution in [2.75, 3.05) is 49.1 Å². The highest BCUT2D eigenvalue weighted by molar-refractivity contribution is 5.97. The molecule has 2 aromatic rings. The molecule has 0 saturated carbocycles. The number of benzene rings is 1. The fraction of sp³-hybridized carbons (Fsp3) is 0.414. The van der Waals surface area contributed by atoms with Gasteiger partial charge in [0.25, 0.3) is 5.91 Å². The molecule has 0 aliphatic carbocycles. The van der Waals surface area contributed by atoms with E-state index in [9.17, 15) is 14.4 Å². The lowest BCUT2D eigenvalue weighted by molar-refractivity contribution is -0.133. The van der Waals surface area contributed by atoms with Crippen LogP contribution in [0.3, 0.4) is 0 Å². The molecule has 13 heteroatoms. The topological polar surface area (TPSA) is 111 Å². The van der Waals surface area contributed by atoms with Gasteiger partial charge in [-0.05, 0) is 31.4 Å². The zero-order valence-electron chi connectivity index (χ0n) is 23.5. The lowest BCUT2D eigenvalue weighted by atomic mass is 10.1. The number of pyridine rings is 1. The third-order valence-corrected chi connectivity index (χ3v) is 7.42. The van der Waals surface area contributed by atoms with Crippen LogP contribution in [0.5, 0.6) is 0 Å². The van der Waals surface area contributed by atoms with Gasteiger partial charge in [-0.3, -0.25) is 24.5 Å². The van der Waals surface area contributed by atoms with Crippen LogP contribution in [-0.4, -0.2) is 90.4 Å². The monoisotopic (exact) mass is 581 g/mol. The van der Waals surface area contributed by atoms with Gasteiger partial charge in [0.2, 0.25) is 5.91 Å². The second-order valence-electron chi connectivity index (χ2n) is 10.6. The smallest absolute Gasteiger partial charge is 0.414 e. The standard InChI is InChI=1S/C29H33F2N7O4/c1-19-5-8-33-37(9-6-19)17-23-18-38(29(41)42-23)22-14-24(30)26(25(31)15-22)35-10-12-36(13-11-35)28(40)20(2)34-27(39)21-4-3-7-32-16-21/h3-4,6-9,14-16,19-20,23H,5,10-13,17-18H2,1-2H3,(H,34,39). The quantitative estimate of drug-likeness (QED) is 0.535. The molecule has 0 radical (unpaired) electrons. The second-order valence-corrected chi connectivity index (χ2v) is 10.6. The third-order valence-electron chi connectivity index (χ3n) is 7.42. The molecule has 3 aliphatic heterocycles. The predicted molar refractivity (Wildman–Crippen MR) is 152 cm³/mol. The van der Waals surface area contributed by atoms with Crippen LogP contribution in [0.25, 0.3) is 0 Å². The fourth-order valence-electron chi connectivity index (χ4n) is 5.10. The van der Waals surface area contributed by atoms with Crippen molar-refractivity contribution in [1.29, 1.82) is 0 Å². The summed E-state index contributed by atoms with van der Waals surface area (Å²) in [5, 5.41) is 8.70. The van der Waals surface area contributed by atoms with E-state index in [2.05, 4.69) is 22.3 Å². The fourth-order valence-corrected chi connectivity index (χ4v) is 5.10. The van der Waals surface area contributed by atoms with Crippen LogP contribution < -0.4 is 15.1 Å². The Kier molecular flexibility index (Phi) is 8.64. The van der Waals surface area contributed by atoms with E-state index in [1.807, 2.05) is 12.3 Å². The SMILES string of the molecule is CC1C=CN(CC2CN(c3cc(F)c(N4CCN(C(=O)C(C)NC(=O)c5cccnc5)CC4)c(F)c3)C(=O)O2)N=CC1. The van der Waals surface area contributed by atoms with Gasteiger partial charge in [-0.1, -0.05) is 13.0 Å². The van der Waals surface area contributed by atoms with Crippen LogP contribution in [0, 0.1) is 17.6 Å². The number of nitrogens with one attached hydrogen (secondary N) is 1. The Hall–Kier alpha value is -4.55. The van der Waals surface area contributed by atoms with Gasteiger partial charge in [-0.25, -0.2) is 13.6 Å². The Bertz CT molecular complexity index is 1360. The minimum atomic E-state index is -0.813. The number of allylic oxidation sites excluding steroid dienone is 1. The molecule has 2 fully saturated rings. The van der Waals surface area contributed by atoms with Crippen LogP contribution in [0.4, 0.5) is 25.0 Å². The molecule has 11 nitrogen and oxygen atoms in total. The molecule has 1 N–H and O–H groups in total. The number of aromatic nitrogens is 1. The maximum absolute atomic E-state index is 15.3. The molecule has 3 aliphatic rings. The number of hydrogen-bond acceptors (Lipinski definition) is 8. The lowest BCUT2D eigenvalue weighted by Gasteiger charge is -2.37. The average Bonchev–Trinajstić information content (AvgIpc) is 3.22. The number of carbonyl (C=O) groups is 3. The van der Waals surface area contributed by atoms with Gasteiger partial charge in [0.1, 0.15) is 17.8 Å². The Morgan fingerprint density at radius 3 is 2.60 bits per heavy atom. The van der Waals surface area contributed by atoms with Crippen molar-refractivity contribution in [1.82, 2.24) is 20.2 Å². The third kappa shape index (κ3) is 6.50. The number of hydrogen-bond donors (Lipinski definition) is 1. The second kappa shape index (κ2) is 12.5. The van der Waals surface area contributed by atoms with Crippen LogP contribution in [-0.2, 0) is 9.53 Å². The number of rotatable bonds is 7. The summed E-state index contributed by atoms with van der Waals surface area (Å²) in [5.41, 5.74) is 0.190. The van der Waals surface area contributed by atoms with Crippen LogP contribution >= 0.6 is 0 Å². The van der Waals surface area contributed by atoms with E-state index >= 15 is 8.78 Å². The maximum Gasteiger partial charge on any atom is 0.414 e. The first kappa shape index (κ1) is 29.0. The van der Waals surface area contributed by atoms with Crippen molar-refractivity contribution in [2.45, 2.75) is 32.4 Å². The molecule has 1 aromatic heterocycles. The normalized spacial score (nSPS) is 21.3. The van der Waals surface area contributed by atoms with Gasteiger partial charge >= 0.3 is 6.09 Å². The molecule has 3 unspecified atom stereocenters. The minimum absolute atomic E-state index is 0.0665. The largest absolute Gasteiger partial charge is 0.442 e. The van der Waals surface area contributed by atoms with E-state index in [0.29, 0.717) is 18.0 Å². The van der Waals surface area contributed by atoms with Crippen molar-refractivity contribution in [3.05, 3.63) is 66.1 Å². The Morgan fingerprint density at radius 2 is 1.90 bits per heavy atom. The van der Waals surface area contributed by atoms with Gasteiger partial charge < -0.3 is 19.9 Å². The van der Waals surface area contributed by atoms with Crippen LogP contribution in [0.1, 0.15) is 30.6 Å². The number of anilines is 2. The lowest BCUT2D eigenvalue weighted by Crippen LogP contribution is -2.54. The summed E-state index contributed by atoms with van der Waals surface area (Å²) in [6.45, 7) is 4.94. The highest BCUT2D eigenvalue weighted by atomic mass is 19.1. The van der Waals surface area contributed by atoms with Gasteiger partial charge in [-0.15, -0.1) is 0 Å². The number of ether oxygens (including phenoxy) is 1. The summed E-state index contributed by atoms with van der Waals surface area (Å²) in [4.78, 5) is 46.1. The Labute approximate surface area is 242 Å². The molecule has 3 atom stereocenters. The molecule has 3 amide bonds. The molecule has 222 valence electrons. The number of piperazine rings is 1. The zero-order valence-corrected chi connectivity index (χ0v) is 23.5. The van der Waals surface area contributed by atoms with E-state index in [4.69, 9.17) is 4.74 Å². The molecular formula is C29H33F2N7O4. The summed E-state index contributed by atoms with van der Waals surface area (Å²) in [6.07, 6.45) is 8.22. The highest BCUT2D eigenvalue weighted by Crippen LogP contribution is 2.32. The first-order valence-electron chi connectivity index (χ1n) is 13.9. The number of cyclic esters (lactones) is 1. The van der Waals surface area contributed by atoms with Gasteiger partial charge in [-0.2, -0.15) is 5.10 Å². The average molecular weight is 582 g/mol. The molecule has 0 bridgehead atoms. The first-order valence-corrected chi connectivity index (χ1v) is 13.9. The number of hydrazone groups is 1. The summed E-state index contributed by atoms with van der Waals surface area (Å²) in [6, 6.07) is 4.69. The van der Waals surface area contributed by atoms with Crippen molar-refractivity contribution >= 4 is 35.5 Å². The van der Waals surface area contributed by atoms with Gasteiger partial charge in [0.15, 0.2) is 11.6 Å². The molecular weight excluding hydrogens is 548 g/mol. The van der Waals surface area contributed by atoms with Crippen LogP contribution in [0.2, 0.25) is 0 Å². The van der Waals surface area contributed by atoms with E-state index in [1.54, 1.807) is 41.4 Å². The molecule has 0 spiro atoms. The number of amides is 3. The van der Waals surface area contributed by atoms with Crippen LogP contribution in [0.15, 0.2) is 54.0 Å². The number of carbonyl (C=O) groups excluding carboxylic acids is 3. The maximum atomic E-state index is 15.3. The Balaban J connectivity index is 1.17.